The summed E-state index contributed by atoms with van der Waals surface area (Å²) in [5.41, 5.74) is 5.81. The molecule has 0 spiro atoms. The Labute approximate surface area is 114 Å². The molecule has 0 amide bonds. The maximum absolute atomic E-state index is 2.51. The highest BCUT2D eigenvalue weighted by Crippen LogP contribution is 2.39. The third-order valence-electron chi connectivity index (χ3n) is 4.71. The topological polar surface area (TPSA) is 8.17 Å². The van der Waals surface area contributed by atoms with Crippen LogP contribution in [0.15, 0.2) is 30.5 Å². The van der Waals surface area contributed by atoms with Crippen LogP contribution in [-0.2, 0) is 6.54 Å². The van der Waals surface area contributed by atoms with Crippen LogP contribution in [0.4, 0.5) is 0 Å². The summed E-state index contributed by atoms with van der Waals surface area (Å²) >= 11 is 0. The van der Waals surface area contributed by atoms with E-state index in [1.54, 1.807) is 0 Å². The van der Waals surface area contributed by atoms with Crippen LogP contribution in [0, 0.1) is 12.8 Å². The molecule has 0 N–H and O–H groups in total. The van der Waals surface area contributed by atoms with Crippen LogP contribution in [0.3, 0.4) is 0 Å². The van der Waals surface area contributed by atoms with E-state index in [9.17, 15) is 0 Å². The Balaban J connectivity index is 2.04. The molecular weight excluding hydrogens is 232 g/mol. The van der Waals surface area contributed by atoms with Gasteiger partial charge in [0.05, 0.1) is 11.6 Å². The van der Waals surface area contributed by atoms with Gasteiger partial charge in [0.25, 0.3) is 0 Å². The third kappa shape index (κ3) is 1.47. The van der Waals surface area contributed by atoms with Gasteiger partial charge in [-0.2, -0.15) is 0 Å². The second-order valence-electron chi connectivity index (χ2n) is 6.22. The van der Waals surface area contributed by atoms with Crippen LogP contribution in [0.5, 0.6) is 0 Å². The minimum absolute atomic E-state index is 0.543. The van der Waals surface area contributed by atoms with Crippen LogP contribution in [-0.4, -0.2) is 29.1 Å². The fourth-order valence-corrected chi connectivity index (χ4v) is 3.90. The van der Waals surface area contributed by atoms with Crippen molar-refractivity contribution in [2.45, 2.75) is 26.4 Å². The summed E-state index contributed by atoms with van der Waals surface area (Å²) in [6, 6.07) is 7.29. The highest BCUT2D eigenvalue weighted by atomic mass is 15.2. The Morgan fingerprint density at radius 1 is 1.21 bits per heavy atom. The number of fused-ring (bicyclic) bond motifs is 2. The first kappa shape index (κ1) is 11.3. The van der Waals surface area contributed by atoms with E-state index in [-0.39, 0.29) is 0 Å². The molecule has 2 nitrogen and oxygen atoms in total. The number of para-hydroxylation sites is 1. The van der Waals surface area contributed by atoms with Gasteiger partial charge in [0, 0.05) is 30.2 Å². The van der Waals surface area contributed by atoms with Crippen LogP contribution < -0.4 is 0 Å². The smallest absolute Gasteiger partial charge is 0.0560 e. The van der Waals surface area contributed by atoms with Gasteiger partial charge in [-0.1, -0.05) is 31.2 Å². The van der Waals surface area contributed by atoms with Crippen LogP contribution in [0.1, 0.15) is 18.1 Å². The van der Waals surface area contributed by atoms with Gasteiger partial charge in [0.1, 0.15) is 0 Å². The zero-order valence-electron chi connectivity index (χ0n) is 11.9. The molecule has 2 aromatic rings. The Morgan fingerprint density at radius 3 is 2.89 bits per heavy atom. The number of rotatable bonds is 0. The SMILES string of the molecule is Cc1cn2c3c(cccc13)C1=C[C@H](C)CN(C)[C@H]1C2. The number of likely N-dealkylation sites (N-methyl/N-ethyl adjacent to an activating group) is 1. The lowest BCUT2D eigenvalue weighted by molar-refractivity contribution is 0.234. The van der Waals surface area contributed by atoms with Crippen molar-refractivity contribution >= 4 is 16.5 Å². The Bertz CT molecular complexity index is 693. The zero-order valence-corrected chi connectivity index (χ0v) is 11.9. The van der Waals surface area contributed by atoms with Crippen molar-refractivity contribution in [3.8, 4) is 0 Å². The predicted octanol–water partition coefficient (Wildman–Crippen LogP) is 3.30. The molecule has 0 saturated heterocycles. The molecule has 3 heterocycles. The highest BCUT2D eigenvalue weighted by Gasteiger charge is 2.32. The number of benzene rings is 1. The van der Waals surface area contributed by atoms with E-state index in [0.717, 1.165) is 6.54 Å². The third-order valence-corrected chi connectivity index (χ3v) is 4.71. The molecule has 2 aliphatic heterocycles. The molecular formula is C17H20N2. The molecule has 0 bridgehead atoms. The van der Waals surface area contributed by atoms with Gasteiger partial charge in [-0.15, -0.1) is 0 Å². The lowest BCUT2D eigenvalue weighted by atomic mass is 9.86. The van der Waals surface area contributed by atoms with Gasteiger partial charge in [-0.25, -0.2) is 0 Å². The molecule has 1 aromatic heterocycles. The molecule has 2 heteroatoms. The van der Waals surface area contributed by atoms with E-state index in [1.165, 1.54) is 34.1 Å². The molecule has 0 radical (unpaired) electrons. The van der Waals surface area contributed by atoms with E-state index in [0.29, 0.717) is 12.0 Å². The monoisotopic (exact) mass is 252 g/mol. The van der Waals surface area contributed by atoms with Gasteiger partial charge in [-0.3, -0.25) is 4.90 Å². The quantitative estimate of drug-likeness (QED) is 0.698. The molecule has 0 unspecified atom stereocenters. The van der Waals surface area contributed by atoms with E-state index in [4.69, 9.17) is 0 Å². The van der Waals surface area contributed by atoms with Gasteiger partial charge < -0.3 is 4.57 Å². The molecule has 2 atom stereocenters. The van der Waals surface area contributed by atoms with Gasteiger partial charge >= 0.3 is 0 Å². The standard InChI is InChI=1S/C17H20N2/c1-11-7-15-14-6-4-5-13-12(2)9-19(17(13)14)10-16(15)18(3)8-11/h4-7,9,11,16H,8,10H2,1-3H3/t11-,16-/m0/s1. The van der Waals surface area contributed by atoms with Crippen molar-refractivity contribution in [2.75, 3.05) is 13.6 Å². The van der Waals surface area contributed by atoms with Crippen molar-refractivity contribution in [3.05, 3.63) is 41.6 Å². The summed E-state index contributed by atoms with van der Waals surface area (Å²) in [5.74, 6) is 0.647. The Kier molecular flexibility index (Phi) is 2.22. The van der Waals surface area contributed by atoms with Gasteiger partial charge in [0.2, 0.25) is 0 Å². The molecule has 0 aliphatic carbocycles. The second-order valence-corrected chi connectivity index (χ2v) is 6.22. The molecule has 2 aliphatic rings. The summed E-state index contributed by atoms with van der Waals surface area (Å²) in [5, 5.41) is 1.41. The fourth-order valence-electron chi connectivity index (χ4n) is 3.90. The molecule has 0 fully saturated rings. The summed E-state index contributed by atoms with van der Waals surface area (Å²) in [6.07, 6.45) is 4.81. The fraction of sp³-hybridized carbons (Fsp3) is 0.412. The van der Waals surface area contributed by atoms with Gasteiger partial charge in [0.15, 0.2) is 0 Å². The summed E-state index contributed by atoms with van der Waals surface area (Å²) in [7, 11) is 2.26. The lowest BCUT2D eigenvalue weighted by Gasteiger charge is -2.39. The lowest BCUT2D eigenvalue weighted by Crippen LogP contribution is -2.43. The normalized spacial score (nSPS) is 26.4. The second kappa shape index (κ2) is 3.73. The van der Waals surface area contributed by atoms with Gasteiger partial charge in [-0.05, 0) is 31.0 Å². The van der Waals surface area contributed by atoms with Crippen molar-refractivity contribution in [1.82, 2.24) is 9.47 Å². The Hall–Kier alpha value is -1.54. The first-order valence-corrected chi connectivity index (χ1v) is 7.16. The first-order chi connectivity index (χ1) is 9.15. The van der Waals surface area contributed by atoms with E-state index >= 15 is 0 Å². The summed E-state index contributed by atoms with van der Waals surface area (Å²) < 4.78 is 2.45. The number of aryl methyl sites for hydroxylation is 1. The van der Waals surface area contributed by atoms with Crippen molar-refractivity contribution in [1.29, 1.82) is 0 Å². The molecule has 98 valence electrons. The molecule has 19 heavy (non-hydrogen) atoms. The Morgan fingerprint density at radius 2 is 2.05 bits per heavy atom. The summed E-state index contributed by atoms with van der Waals surface area (Å²) in [4.78, 5) is 2.51. The minimum Gasteiger partial charge on any atom is -0.345 e. The van der Waals surface area contributed by atoms with Crippen molar-refractivity contribution in [2.24, 2.45) is 5.92 Å². The highest BCUT2D eigenvalue weighted by molar-refractivity contribution is 5.96. The number of aromatic nitrogens is 1. The zero-order chi connectivity index (χ0) is 13.1. The maximum atomic E-state index is 2.51. The van der Waals surface area contributed by atoms with Crippen LogP contribution in [0.25, 0.3) is 16.5 Å². The van der Waals surface area contributed by atoms with E-state index in [2.05, 4.69) is 60.8 Å². The van der Waals surface area contributed by atoms with Crippen LogP contribution >= 0.6 is 0 Å². The predicted molar refractivity (Wildman–Crippen MR) is 80.2 cm³/mol. The number of hydrogen-bond acceptors (Lipinski definition) is 1. The molecule has 0 saturated carbocycles. The molecule has 4 rings (SSSR count). The molecule has 1 aromatic carbocycles. The summed E-state index contributed by atoms with van der Waals surface area (Å²) in [6.45, 7) is 6.80. The minimum atomic E-state index is 0.543. The average Bonchev–Trinajstić information content (AvgIpc) is 2.70. The maximum Gasteiger partial charge on any atom is 0.0560 e. The number of nitrogens with zero attached hydrogens (tertiary/aromatic N) is 2. The van der Waals surface area contributed by atoms with E-state index in [1.807, 2.05) is 0 Å². The van der Waals surface area contributed by atoms with Crippen molar-refractivity contribution in [3.63, 3.8) is 0 Å². The average molecular weight is 252 g/mol. The largest absolute Gasteiger partial charge is 0.345 e. The first-order valence-electron chi connectivity index (χ1n) is 7.16. The number of hydrogen-bond donors (Lipinski definition) is 0. The van der Waals surface area contributed by atoms with Crippen molar-refractivity contribution < 1.29 is 0 Å². The van der Waals surface area contributed by atoms with E-state index < -0.39 is 0 Å². The van der Waals surface area contributed by atoms with Crippen LogP contribution in [0.2, 0.25) is 0 Å².